The highest BCUT2D eigenvalue weighted by Crippen LogP contribution is 2.24. The summed E-state index contributed by atoms with van der Waals surface area (Å²) >= 11 is 0. The van der Waals surface area contributed by atoms with Crippen LogP contribution in [0.4, 0.5) is 11.4 Å². The minimum Gasteiger partial charge on any atom is -0.446 e. The van der Waals surface area contributed by atoms with Gasteiger partial charge in [-0.15, -0.1) is 0 Å². The van der Waals surface area contributed by atoms with Gasteiger partial charge in [-0.25, -0.2) is 0 Å². The van der Waals surface area contributed by atoms with E-state index in [4.69, 9.17) is 8.05 Å². The van der Waals surface area contributed by atoms with Crippen molar-refractivity contribution in [3.05, 3.63) is 60.7 Å². The summed E-state index contributed by atoms with van der Waals surface area (Å²) in [6.07, 6.45) is 0. The van der Waals surface area contributed by atoms with Crippen LogP contribution in [0, 0.1) is 0 Å². The summed E-state index contributed by atoms with van der Waals surface area (Å²) in [7, 11) is 5.11. The average Bonchev–Trinajstić information content (AvgIpc) is 2.42. The van der Waals surface area contributed by atoms with E-state index >= 15 is 0 Å². The Hall–Kier alpha value is -1.74. The molecule has 0 aliphatic rings. The molecular weight excluding hydrogens is 209 g/mol. The molecule has 0 fully saturated rings. The number of anilines is 2. The van der Waals surface area contributed by atoms with Gasteiger partial charge in [0.1, 0.15) is 0 Å². The molecule has 17 heavy (non-hydrogen) atoms. The van der Waals surface area contributed by atoms with Crippen LogP contribution >= 0.6 is 0 Å². The molecule has 0 atom stereocenters. The van der Waals surface area contributed by atoms with Crippen molar-refractivity contribution in [1.29, 1.82) is 0 Å². The molecule has 2 radical (unpaired) electrons. The molecule has 0 spiro atoms. The molecular formula is C14H14BNO. The van der Waals surface area contributed by atoms with Crippen LogP contribution in [0.1, 0.15) is 0 Å². The highest BCUT2D eigenvalue weighted by Gasteiger charge is 2.07. The average molecular weight is 223 g/mol. The Labute approximate surface area is 103 Å². The molecule has 2 rings (SSSR count). The Balaban J connectivity index is 2.26. The first-order valence-corrected chi connectivity index (χ1v) is 5.61. The van der Waals surface area contributed by atoms with Crippen molar-refractivity contribution in [2.24, 2.45) is 0 Å². The van der Waals surface area contributed by atoms with Crippen LogP contribution < -0.4 is 4.90 Å². The van der Waals surface area contributed by atoms with Crippen LogP contribution in [0.2, 0.25) is 0 Å². The van der Waals surface area contributed by atoms with E-state index in [1.165, 1.54) is 0 Å². The molecule has 0 bridgehead atoms. The van der Waals surface area contributed by atoms with Crippen LogP contribution in [0.5, 0.6) is 0 Å². The van der Waals surface area contributed by atoms with Gasteiger partial charge >= 0.3 is 0 Å². The van der Waals surface area contributed by atoms with Gasteiger partial charge in [0.25, 0.3) is 8.05 Å². The first-order valence-electron chi connectivity index (χ1n) is 5.61. The lowest BCUT2D eigenvalue weighted by molar-refractivity contribution is 0.360. The molecule has 3 heteroatoms. The van der Waals surface area contributed by atoms with Crippen LogP contribution in [-0.4, -0.2) is 21.2 Å². The summed E-state index contributed by atoms with van der Waals surface area (Å²) in [5.41, 5.74) is 2.27. The number of hydrogen-bond acceptors (Lipinski definition) is 2. The third-order valence-corrected chi connectivity index (χ3v) is 2.57. The molecule has 2 nitrogen and oxygen atoms in total. The number of hydrogen-bond donors (Lipinski definition) is 0. The summed E-state index contributed by atoms with van der Waals surface area (Å²) in [6.45, 7) is 1.22. The lowest BCUT2D eigenvalue weighted by Crippen LogP contribution is -2.21. The number of para-hydroxylation sites is 2. The zero-order valence-corrected chi connectivity index (χ0v) is 9.62. The van der Waals surface area contributed by atoms with Gasteiger partial charge in [0.2, 0.25) is 0 Å². The fourth-order valence-corrected chi connectivity index (χ4v) is 1.77. The Morgan fingerprint density at radius 2 is 1.29 bits per heavy atom. The Bertz CT molecular complexity index is 393. The van der Waals surface area contributed by atoms with Crippen molar-refractivity contribution < 1.29 is 4.65 Å². The fourth-order valence-electron chi connectivity index (χ4n) is 1.77. The predicted molar refractivity (Wildman–Crippen MR) is 71.6 cm³/mol. The summed E-state index contributed by atoms with van der Waals surface area (Å²) in [4.78, 5) is 2.17. The van der Waals surface area contributed by atoms with Gasteiger partial charge in [-0.3, -0.25) is 0 Å². The summed E-state index contributed by atoms with van der Waals surface area (Å²) < 4.78 is 4.67. The second kappa shape index (κ2) is 6.11. The quantitative estimate of drug-likeness (QED) is 0.722. The van der Waals surface area contributed by atoms with E-state index in [2.05, 4.69) is 33.8 Å². The molecule has 0 aliphatic heterocycles. The summed E-state index contributed by atoms with van der Waals surface area (Å²) in [5, 5.41) is 0. The predicted octanol–water partition coefficient (Wildman–Crippen LogP) is 2.92. The first-order chi connectivity index (χ1) is 8.42. The molecule has 0 amide bonds. The lowest BCUT2D eigenvalue weighted by atomic mass is 10.2. The molecule has 0 heterocycles. The van der Waals surface area contributed by atoms with Crippen molar-refractivity contribution >= 4 is 19.4 Å². The van der Waals surface area contributed by atoms with Crippen molar-refractivity contribution in [1.82, 2.24) is 0 Å². The summed E-state index contributed by atoms with van der Waals surface area (Å²) in [5.74, 6) is 0. The minimum absolute atomic E-state index is 0.490. The second-order valence-electron chi connectivity index (χ2n) is 3.69. The van der Waals surface area contributed by atoms with Crippen LogP contribution in [0.25, 0.3) is 0 Å². The zero-order valence-electron chi connectivity index (χ0n) is 9.62. The molecule has 84 valence electrons. The van der Waals surface area contributed by atoms with Gasteiger partial charge in [-0.05, 0) is 24.3 Å². The van der Waals surface area contributed by atoms with Crippen molar-refractivity contribution in [2.75, 3.05) is 18.1 Å². The van der Waals surface area contributed by atoms with Gasteiger partial charge < -0.3 is 9.55 Å². The maximum atomic E-state index is 5.11. The SMILES string of the molecule is [B]OCCN(c1ccccc1)c1ccccc1. The van der Waals surface area contributed by atoms with Crippen molar-refractivity contribution in [3.8, 4) is 0 Å². The third kappa shape index (κ3) is 3.11. The molecule has 2 aromatic rings. The van der Waals surface area contributed by atoms with Gasteiger partial charge in [0.05, 0.1) is 0 Å². The number of nitrogens with zero attached hydrogens (tertiary/aromatic N) is 1. The van der Waals surface area contributed by atoms with E-state index in [0.717, 1.165) is 17.9 Å². The first kappa shape index (κ1) is 11.7. The standard InChI is InChI=1S/C14H14BNO/c15-17-12-11-16(13-7-3-1-4-8-13)14-9-5-2-6-10-14/h1-10H,11-12H2. The highest BCUT2D eigenvalue weighted by atomic mass is 16.4. The van der Waals surface area contributed by atoms with E-state index in [1.807, 2.05) is 36.4 Å². The minimum atomic E-state index is 0.490. The summed E-state index contributed by atoms with van der Waals surface area (Å²) in [6, 6.07) is 20.4. The molecule has 0 aromatic heterocycles. The molecule has 0 N–H and O–H groups in total. The van der Waals surface area contributed by atoms with E-state index < -0.39 is 0 Å². The third-order valence-electron chi connectivity index (χ3n) is 2.57. The molecule has 0 aliphatic carbocycles. The van der Waals surface area contributed by atoms with E-state index in [1.54, 1.807) is 0 Å². The topological polar surface area (TPSA) is 12.5 Å². The highest BCUT2D eigenvalue weighted by molar-refractivity contribution is 5.97. The van der Waals surface area contributed by atoms with Crippen LogP contribution in [0.3, 0.4) is 0 Å². The van der Waals surface area contributed by atoms with Gasteiger partial charge in [-0.1, -0.05) is 36.4 Å². The largest absolute Gasteiger partial charge is 0.446 e. The lowest BCUT2D eigenvalue weighted by Gasteiger charge is -2.24. The Morgan fingerprint density at radius 1 is 0.824 bits per heavy atom. The fraction of sp³-hybridized carbons (Fsp3) is 0.143. The van der Waals surface area contributed by atoms with Gasteiger partial charge in [0.15, 0.2) is 0 Å². The van der Waals surface area contributed by atoms with E-state index in [0.29, 0.717) is 6.61 Å². The number of rotatable bonds is 5. The Kier molecular flexibility index (Phi) is 4.22. The van der Waals surface area contributed by atoms with E-state index in [-0.39, 0.29) is 0 Å². The zero-order chi connectivity index (χ0) is 11.9. The number of benzene rings is 2. The van der Waals surface area contributed by atoms with Crippen LogP contribution in [0.15, 0.2) is 60.7 Å². The Morgan fingerprint density at radius 3 is 1.71 bits per heavy atom. The van der Waals surface area contributed by atoms with E-state index in [9.17, 15) is 0 Å². The second-order valence-corrected chi connectivity index (χ2v) is 3.69. The van der Waals surface area contributed by atoms with Crippen molar-refractivity contribution in [3.63, 3.8) is 0 Å². The molecule has 0 saturated heterocycles. The normalized spacial score (nSPS) is 10.1. The maximum Gasteiger partial charge on any atom is 0.282 e. The van der Waals surface area contributed by atoms with Gasteiger partial charge in [-0.2, -0.15) is 0 Å². The smallest absolute Gasteiger partial charge is 0.282 e. The van der Waals surface area contributed by atoms with Crippen LogP contribution in [-0.2, 0) is 4.65 Å². The molecule has 2 aromatic carbocycles. The molecule has 0 unspecified atom stereocenters. The maximum absolute atomic E-state index is 5.11. The van der Waals surface area contributed by atoms with Crippen molar-refractivity contribution in [2.45, 2.75) is 0 Å². The van der Waals surface area contributed by atoms with Gasteiger partial charge in [0, 0.05) is 24.5 Å². The molecule has 0 saturated carbocycles. The monoisotopic (exact) mass is 223 g/mol.